The molecule has 0 saturated carbocycles. The quantitative estimate of drug-likeness (QED) is 0.727. The highest BCUT2D eigenvalue weighted by atomic mass is 16.5. The Labute approximate surface area is 123 Å². The molecule has 0 aliphatic rings. The van der Waals surface area contributed by atoms with Gasteiger partial charge in [-0.3, -0.25) is 9.69 Å². The van der Waals surface area contributed by atoms with E-state index in [1.807, 2.05) is 42.2 Å². The number of carbonyl (C=O) groups is 1. The molecule has 0 bridgehead atoms. The number of nitrogens with zero attached hydrogens (tertiary/aromatic N) is 3. The Morgan fingerprint density at radius 1 is 1.29 bits per heavy atom. The van der Waals surface area contributed by atoms with Gasteiger partial charge >= 0.3 is 5.97 Å². The van der Waals surface area contributed by atoms with E-state index in [0.717, 1.165) is 5.56 Å². The van der Waals surface area contributed by atoms with E-state index in [4.69, 9.17) is 9.26 Å². The van der Waals surface area contributed by atoms with Crippen molar-refractivity contribution in [2.24, 2.45) is 0 Å². The number of esters is 1. The minimum absolute atomic E-state index is 0.222. The van der Waals surface area contributed by atoms with E-state index >= 15 is 0 Å². The average molecular weight is 289 g/mol. The van der Waals surface area contributed by atoms with Crippen LogP contribution in [0.3, 0.4) is 0 Å². The predicted octanol–water partition coefficient (Wildman–Crippen LogP) is 2.12. The van der Waals surface area contributed by atoms with Gasteiger partial charge in [0.2, 0.25) is 0 Å². The monoisotopic (exact) mass is 289 g/mol. The molecule has 0 atom stereocenters. The van der Waals surface area contributed by atoms with Crippen molar-refractivity contribution in [1.82, 2.24) is 15.0 Å². The van der Waals surface area contributed by atoms with Gasteiger partial charge in [0.25, 0.3) is 5.89 Å². The first kappa shape index (κ1) is 15.2. The van der Waals surface area contributed by atoms with E-state index in [9.17, 15) is 4.79 Å². The smallest absolute Gasteiger partial charge is 0.320 e. The summed E-state index contributed by atoms with van der Waals surface area (Å²) < 4.78 is 10.2. The van der Waals surface area contributed by atoms with Crippen molar-refractivity contribution < 1.29 is 14.1 Å². The molecule has 112 valence electrons. The van der Waals surface area contributed by atoms with Crippen LogP contribution in [0, 0.1) is 0 Å². The molecule has 2 rings (SSSR count). The van der Waals surface area contributed by atoms with Crippen molar-refractivity contribution in [3.05, 3.63) is 36.2 Å². The number of aromatic nitrogens is 2. The summed E-state index contributed by atoms with van der Waals surface area (Å²) in [5, 5.41) is 3.95. The van der Waals surface area contributed by atoms with Gasteiger partial charge in [-0.2, -0.15) is 4.98 Å². The van der Waals surface area contributed by atoms with E-state index < -0.39 is 0 Å². The molecular weight excluding hydrogens is 270 g/mol. The van der Waals surface area contributed by atoms with Crippen molar-refractivity contribution in [2.45, 2.75) is 20.4 Å². The van der Waals surface area contributed by atoms with Crippen LogP contribution in [0.5, 0.6) is 0 Å². The molecule has 6 nitrogen and oxygen atoms in total. The van der Waals surface area contributed by atoms with Crippen molar-refractivity contribution in [3.8, 4) is 11.5 Å². The van der Waals surface area contributed by atoms with Crippen molar-refractivity contribution >= 4 is 5.97 Å². The van der Waals surface area contributed by atoms with Crippen LogP contribution in [0.15, 0.2) is 34.9 Å². The average Bonchev–Trinajstić information content (AvgIpc) is 2.96. The topological polar surface area (TPSA) is 68.5 Å². The molecule has 2 aromatic rings. The lowest BCUT2D eigenvalue weighted by molar-refractivity contribution is -0.144. The number of rotatable bonds is 7. The van der Waals surface area contributed by atoms with Gasteiger partial charge in [-0.15, -0.1) is 0 Å². The normalized spacial score (nSPS) is 10.8. The number of carbonyl (C=O) groups excluding carboxylic acids is 1. The predicted molar refractivity (Wildman–Crippen MR) is 77.3 cm³/mol. The van der Waals surface area contributed by atoms with Gasteiger partial charge in [0.05, 0.1) is 19.7 Å². The van der Waals surface area contributed by atoms with Crippen LogP contribution in [0.25, 0.3) is 11.5 Å². The largest absolute Gasteiger partial charge is 0.465 e. The molecule has 0 N–H and O–H groups in total. The van der Waals surface area contributed by atoms with Gasteiger partial charge in [-0.05, 0) is 25.6 Å². The summed E-state index contributed by atoms with van der Waals surface area (Å²) in [5.74, 6) is 0.795. The molecule has 0 amide bonds. The Bertz CT molecular complexity index is 569. The zero-order chi connectivity index (χ0) is 15.1. The SMILES string of the molecule is CCOC(=O)CN(CC)Cc1noc(-c2ccccc2)n1. The van der Waals surface area contributed by atoms with Crippen LogP contribution in [0.4, 0.5) is 0 Å². The fraction of sp³-hybridized carbons (Fsp3) is 0.400. The second kappa shape index (κ2) is 7.54. The number of benzene rings is 1. The van der Waals surface area contributed by atoms with Gasteiger partial charge in [0.15, 0.2) is 5.82 Å². The highest BCUT2D eigenvalue weighted by Crippen LogP contribution is 2.16. The Hall–Kier alpha value is -2.21. The molecule has 21 heavy (non-hydrogen) atoms. The minimum atomic E-state index is -0.244. The fourth-order valence-electron chi connectivity index (χ4n) is 1.88. The Balaban J connectivity index is 1.99. The van der Waals surface area contributed by atoms with Gasteiger partial charge in [0.1, 0.15) is 0 Å². The maximum Gasteiger partial charge on any atom is 0.320 e. The molecule has 6 heteroatoms. The molecule has 0 aliphatic heterocycles. The molecule has 0 radical (unpaired) electrons. The minimum Gasteiger partial charge on any atom is -0.465 e. The van der Waals surface area contributed by atoms with Crippen molar-refractivity contribution in [1.29, 1.82) is 0 Å². The summed E-state index contributed by atoms with van der Waals surface area (Å²) in [5.41, 5.74) is 0.879. The van der Waals surface area contributed by atoms with E-state index in [2.05, 4.69) is 10.1 Å². The Morgan fingerprint density at radius 2 is 2.05 bits per heavy atom. The molecule has 0 spiro atoms. The zero-order valence-corrected chi connectivity index (χ0v) is 12.3. The Kier molecular flexibility index (Phi) is 5.45. The first-order chi connectivity index (χ1) is 10.2. The van der Waals surface area contributed by atoms with Crippen LogP contribution in [0.2, 0.25) is 0 Å². The first-order valence-corrected chi connectivity index (χ1v) is 6.99. The molecule has 0 aliphatic carbocycles. The lowest BCUT2D eigenvalue weighted by atomic mass is 10.2. The highest BCUT2D eigenvalue weighted by Gasteiger charge is 2.14. The third kappa shape index (κ3) is 4.39. The first-order valence-electron chi connectivity index (χ1n) is 6.99. The molecule has 1 aromatic heterocycles. The molecule has 0 saturated heterocycles. The van der Waals surface area contributed by atoms with Gasteiger partial charge < -0.3 is 9.26 Å². The Morgan fingerprint density at radius 3 is 2.71 bits per heavy atom. The summed E-state index contributed by atoms with van der Waals surface area (Å²) in [6, 6.07) is 9.58. The second-order valence-electron chi connectivity index (χ2n) is 4.49. The lowest BCUT2D eigenvalue weighted by Gasteiger charge is -2.16. The van der Waals surface area contributed by atoms with Crippen LogP contribution in [-0.2, 0) is 16.1 Å². The fourth-order valence-corrected chi connectivity index (χ4v) is 1.88. The number of likely N-dealkylation sites (N-methyl/N-ethyl adjacent to an activating group) is 1. The second-order valence-corrected chi connectivity index (χ2v) is 4.49. The standard InChI is InChI=1S/C15H19N3O3/c1-3-18(11-14(19)20-4-2)10-13-16-15(21-17-13)12-8-6-5-7-9-12/h5-9H,3-4,10-11H2,1-2H3. The van der Waals surface area contributed by atoms with Gasteiger partial charge in [0, 0.05) is 5.56 Å². The van der Waals surface area contributed by atoms with E-state index in [0.29, 0.717) is 31.4 Å². The number of ether oxygens (including phenoxy) is 1. The third-order valence-corrected chi connectivity index (χ3v) is 2.96. The third-order valence-electron chi connectivity index (χ3n) is 2.96. The van der Waals surface area contributed by atoms with Crippen LogP contribution >= 0.6 is 0 Å². The summed E-state index contributed by atoms with van der Waals surface area (Å²) in [4.78, 5) is 17.8. The van der Waals surface area contributed by atoms with Crippen LogP contribution in [-0.4, -0.2) is 40.7 Å². The number of hydrogen-bond donors (Lipinski definition) is 0. The van der Waals surface area contributed by atoms with Crippen LogP contribution < -0.4 is 0 Å². The molecule has 0 unspecified atom stereocenters. The van der Waals surface area contributed by atoms with E-state index in [1.165, 1.54) is 0 Å². The van der Waals surface area contributed by atoms with Crippen molar-refractivity contribution in [3.63, 3.8) is 0 Å². The van der Waals surface area contributed by atoms with Crippen molar-refractivity contribution in [2.75, 3.05) is 19.7 Å². The summed E-state index contributed by atoms with van der Waals surface area (Å²) in [7, 11) is 0. The summed E-state index contributed by atoms with van der Waals surface area (Å²) in [6.45, 7) is 5.52. The molecular formula is C15H19N3O3. The van der Waals surface area contributed by atoms with Gasteiger partial charge in [-0.1, -0.05) is 30.3 Å². The van der Waals surface area contributed by atoms with Crippen LogP contribution in [0.1, 0.15) is 19.7 Å². The zero-order valence-electron chi connectivity index (χ0n) is 12.3. The molecule has 1 heterocycles. The molecule has 0 fully saturated rings. The highest BCUT2D eigenvalue weighted by molar-refractivity contribution is 5.71. The number of hydrogen-bond acceptors (Lipinski definition) is 6. The summed E-state index contributed by atoms with van der Waals surface area (Å²) in [6.07, 6.45) is 0. The van der Waals surface area contributed by atoms with E-state index in [-0.39, 0.29) is 12.5 Å². The van der Waals surface area contributed by atoms with Gasteiger partial charge in [-0.25, -0.2) is 0 Å². The van der Waals surface area contributed by atoms with E-state index in [1.54, 1.807) is 6.92 Å². The lowest BCUT2D eigenvalue weighted by Crippen LogP contribution is -2.30. The summed E-state index contributed by atoms with van der Waals surface area (Å²) >= 11 is 0. The maximum atomic E-state index is 11.5. The maximum absolute atomic E-state index is 11.5. The molecule has 1 aromatic carbocycles.